The summed E-state index contributed by atoms with van der Waals surface area (Å²) in [6, 6.07) is 6.60. The minimum Gasteiger partial charge on any atom is -0.618 e. The highest BCUT2D eigenvalue weighted by Gasteiger charge is 2.31. The van der Waals surface area contributed by atoms with Crippen molar-refractivity contribution in [3.63, 3.8) is 0 Å². The summed E-state index contributed by atoms with van der Waals surface area (Å²) in [5.41, 5.74) is -0.855. The van der Waals surface area contributed by atoms with E-state index in [-0.39, 0.29) is 21.7 Å². The van der Waals surface area contributed by atoms with E-state index in [1.807, 2.05) is 0 Å². The van der Waals surface area contributed by atoms with E-state index >= 15 is 0 Å². The first-order valence-electron chi connectivity index (χ1n) is 6.38. The maximum atomic E-state index is 12.7. The Bertz CT molecular complexity index is 822. The number of halogens is 4. The second kappa shape index (κ2) is 6.37. The van der Waals surface area contributed by atoms with Gasteiger partial charge in [0.05, 0.1) is 11.3 Å². The van der Waals surface area contributed by atoms with Crippen LogP contribution < -0.4 is 4.73 Å². The molecule has 4 nitrogen and oxygen atoms in total. The Kier molecular flexibility index (Phi) is 4.86. The molecule has 0 spiro atoms. The lowest BCUT2D eigenvalue weighted by atomic mass is 10.1. The van der Waals surface area contributed by atoms with Gasteiger partial charge in [-0.1, -0.05) is 11.6 Å². The van der Waals surface area contributed by atoms with Crippen LogP contribution in [0.25, 0.3) is 0 Å². The van der Waals surface area contributed by atoms with E-state index in [0.29, 0.717) is 0 Å². The maximum Gasteiger partial charge on any atom is 0.416 e. The van der Waals surface area contributed by atoms with Crippen LogP contribution in [-0.4, -0.2) is 14.2 Å². The van der Waals surface area contributed by atoms with Gasteiger partial charge in [-0.25, -0.2) is 8.42 Å². The number of nitrogens with zero attached hydrogens (tertiary/aromatic N) is 1. The molecule has 0 saturated heterocycles. The van der Waals surface area contributed by atoms with Crippen molar-refractivity contribution in [1.82, 2.24) is 0 Å². The summed E-state index contributed by atoms with van der Waals surface area (Å²) in [6.45, 7) is 0. The van der Waals surface area contributed by atoms with Gasteiger partial charge in [0.25, 0.3) is 0 Å². The number of pyridine rings is 1. The van der Waals surface area contributed by atoms with Crippen molar-refractivity contribution in [2.24, 2.45) is 0 Å². The largest absolute Gasteiger partial charge is 0.618 e. The summed E-state index contributed by atoms with van der Waals surface area (Å²) < 4.78 is 62.5. The molecular weight excluding hydrogens is 355 g/mol. The first-order chi connectivity index (χ1) is 10.6. The molecule has 0 amide bonds. The zero-order valence-corrected chi connectivity index (χ0v) is 13.1. The molecule has 0 N–H and O–H groups in total. The average molecular weight is 366 g/mol. The Hall–Kier alpha value is -1.80. The molecule has 1 aromatic heterocycles. The second-order valence-corrected chi connectivity index (χ2v) is 7.20. The first kappa shape index (κ1) is 17.6. The minimum absolute atomic E-state index is 0.0382. The number of sulfone groups is 1. The number of hydrogen-bond acceptors (Lipinski definition) is 3. The van der Waals surface area contributed by atoms with Crippen LogP contribution in [-0.2, 0) is 22.4 Å². The molecule has 1 aromatic carbocycles. The first-order valence-corrected chi connectivity index (χ1v) is 8.41. The highest BCUT2D eigenvalue weighted by molar-refractivity contribution is 7.91. The molecule has 0 fully saturated rings. The number of aromatic nitrogens is 1. The van der Waals surface area contributed by atoms with Crippen molar-refractivity contribution in [3.05, 3.63) is 64.0 Å². The molecule has 124 valence electrons. The molecule has 23 heavy (non-hydrogen) atoms. The van der Waals surface area contributed by atoms with Gasteiger partial charge < -0.3 is 5.21 Å². The van der Waals surface area contributed by atoms with E-state index in [0.717, 1.165) is 30.5 Å². The van der Waals surface area contributed by atoms with Gasteiger partial charge in [0.1, 0.15) is 0 Å². The lowest BCUT2D eigenvalue weighted by Crippen LogP contribution is -2.34. The third kappa shape index (κ3) is 4.14. The molecule has 2 rings (SSSR count). The summed E-state index contributed by atoms with van der Waals surface area (Å²) in [5, 5.41) is 11.1. The van der Waals surface area contributed by atoms with E-state index in [2.05, 4.69) is 0 Å². The average Bonchev–Trinajstić information content (AvgIpc) is 2.45. The van der Waals surface area contributed by atoms with E-state index < -0.39 is 32.4 Å². The predicted octanol–water partition coefficient (Wildman–Crippen LogP) is 3.01. The van der Waals surface area contributed by atoms with Crippen molar-refractivity contribution in [3.8, 4) is 0 Å². The summed E-state index contributed by atoms with van der Waals surface area (Å²) in [6.07, 6.45) is -3.75. The smallest absolute Gasteiger partial charge is 0.416 e. The standard InChI is InChI=1S/C14H11ClF3NO3S/c15-12-5-4-11(14(16,17)18)9-10(12)6-8-23(21,22)13-3-1-2-7-19(13)20/h1-5,7,9H,6,8H2. The molecule has 0 radical (unpaired) electrons. The van der Waals surface area contributed by atoms with Crippen LogP contribution in [0.15, 0.2) is 47.6 Å². The van der Waals surface area contributed by atoms with Crippen LogP contribution in [0.1, 0.15) is 11.1 Å². The van der Waals surface area contributed by atoms with Gasteiger partial charge in [-0.15, -0.1) is 0 Å². The summed E-state index contributed by atoms with van der Waals surface area (Å²) in [7, 11) is -3.94. The van der Waals surface area contributed by atoms with Crippen LogP contribution >= 0.6 is 11.6 Å². The normalized spacial score (nSPS) is 12.3. The van der Waals surface area contributed by atoms with Crippen LogP contribution in [0, 0.1) is 5.21 Å². The van der Waals surface area contributed by atoms with E-state index in [4.69, 9.17) is 11.6 Å². The fourth-order valence-corrected chi connectivity index (χ4v) is 3.48. The molecular formula is C14H11ClF3NO3S. The van der Waals surface area contributed by atoms with Gasteiger partial charge in [-0.2, -0.15) is 17.9 Å². The molecule has 0 saturated carbocycles. The molecule has 0 aliphatic carbocycles. The maximum absolute atomic E-state index is 12.7. The quantitative estimate of drug-likeness (QED) is 0.618. The van der Waals surface area contributed by atoms with E-state index in [1.54, 1.807) is 0 Å². The van der Waals surface area contributed by atoms with Crippen molar-refractivity contribution in [2.45, 2.75) is 17.6 Å². The van der Waals surface area contributed by atoms with Gasteiger partial charge in [0, 0.05) is 17.2 Å². The Balaban J connectivity index is 2.26. The van der Waals surface area contributed by atoms with E-state index in [1.165, 1.54) is 12.1 Å². The highest BCUT2D eigenvalue weighted by atomic mass is 35.5. The summed E-state index contributed by atoms with van der Waals surface area (Å²) >= 11 is 5.82. The fraction of sp³-hybridized carbons (Fsp3) is 0.214. The van der Waals surface area contributed by atoms with Crippen molar-refractivity contribution in [2.75, 3.05) is 5.75 Å². The van der Waals surface area contributed by atoms with Crippen molar-refractivity contribution < 1.29 is 26.3 Å². The zero-order valence-electron chi connectivity index (χ0n) is 11.5. The van der Waals surface area contributed by atoms with Crippen molar-refractivity contribution >= 4 is 21.4 Å². The minimum atomic E-state index is -4.55. The number of rotatable bonds is 4. The molecule has 1 heterocycles. The van der Waals surface area contributed by atoms with Gasteiger partial charge in [-0.3, -0.25) is 0 Å². The number of aryl methyl sites for hydroxylation is 1. The Morgan fingerprint density at radius 3 is 2.48 bits per heavy atom. The SMILES string of the molecule is O=S(=O)(CCc1cc(C(F)(F)F)ccc1Cl)c1cccc[n+]1[O-]. The predicted molar refractivity (Wildman–Crippen MR) is 77.6 cm³/mol. The van der Waals surface area contributed by atoms with Gasteiger partial charge in [-0.05, 0) is 36.2 Å². The number of benzene rings is 1. The Labute approximate surface area is 135 Å². The third-order valence-corrected chi connectivity index (χ3v) is 5.18. The number of hydrogen-bond donors (Lipinski definition) is 0. The molecule has 0 aliphatic rings. The monoisotopic (exact) mass is 365 g/mol. The van der Waals surface area contributed by atoms with Gasteiger partial charge >= 0.3 is 11.2 Å². The molecule has 2 aromatic rings. The number of alkyl halides is 3. The Morgan fingerprint density at radius 2 is 1.87 bits per heavy atom. The molecule has 0 bridgehead atoms. The molecule has 0 aliphatic heterocycles. The summed E-state index contributed by atoms with van der Waals surface area (Å²) in [4.78, 5) is 0. The lowest BCUT2D eigenvalue weighted by Gasteiger charge is -2.10. The van der Waals surface area contributed by atoms with E-state index in [9.17, 15) is 26.8 Å². The topological polar surface area (TPSA) is 61.1 Å². The zero-order chi connectivity index (χ0) is 17.3. The van der Waals surface area contributed by atoms with Crippen LogP contribution in [0.3, 0.4) is 0 Å². The van der Waals surface area contributed by atoms with Crippen LogP contribution in [0.4, 0.5) is 13.2 Å². The second-order valence-electron chi connectivity index (χ2n) is 4.74. The van der Waals surface area contributed by atoms with Gasteiger partial charge in [0.2, 0.25) is 9.84 Å². The summed E-state index contributed by atoms with van der Waals surface area (Å²) in [5.74, 6) is -0.527. The third-order valence-electron chi connectivity index (χ3n) is 3.12. The molecule has 0 unspecified atom stereocenters. The Morgan fingerprint density at radius 1 is 1.17 bits per heavy atom. The molecule has 9 heteroatoms. The fourth-order valence-electron chi connectivity index (χ4n) is 1.94. The van der Waals surface area contributed by atoms with Crippen molar-refractivity contribution in [1.29, 1.82) is 0 Å². The van der Waals surface area contributed by atoms with Crippen LogP contribution in [0.5, 0.6) is 0 Å². The lowest BCUT2D eigenvalue weighted by molar-refractivity contribution is -0.646. The molecule has 0 atom stereocenters. The highest BCUT2D eigenvalue weighted by Crippen LogP contribution is 2.32. The van der Waals surface area contributed by atoms with Gasteiger partial charge in [0.15, 0.2) is 6.20 Å². The van der Waals surface area contributed by atoms with Crippen LogP contribution in [0.2, 0.25) is 5.02 Å².